The number of rotatable bonds is 8. The van der Waals surface area contributed by atoms with Gasteiger partial charge in [-0.1, -0.05) is 34.1 Å². The third-order valence-corrected chi connectivity index (χ3v) is 4.33. The fourth-order valence-electron chi connectivity index (χ4n) is 3.15. The van der Waals surface area contributed by atoms with Crippen LogP contribution in [0.5, 0.6) is 0 Å². The van der Waals surface area contributed by atoms with Gasteiger partial charge < -0.3 is 5.73 Å². The average Bonchev–Trinajstić information content (AvgIpc) is 2.20. The Morgan fingerprint density at radius 2 is 1.88 bits per heavy atom. The first-order valence-corrected chi connectivity index (χ1v) is 7.52. The van der Waals surface area contributed by atoms with E-state index in [1.54, 1.807) is 0 Å². The molecule has 2 nitrogen and oxygen atoms in total. The summed E-state index contributed by atoms with van der Waals surface area (Å²) in [7, 11) is 0. The molecule has 1 rings (SSSR count). The third-order valence-electron chi connectivity index (χ3n) is 4.33. The predicted octanol–water partition coefficient (Wildman–Crippen LogP) is 3.12. The van der Waals surface area contributed by atoms with Gasteiger partial charge in [0.15, 0.2) is 0 Å². The molecule has 17 heavy (non-hydrogen) atoms. The first-order valence-electron chi connectivity index (χ1n) is 7.52. The molecule has 102 valence electrons. The number of likely N-dealkylation sites (N-methyl/N-ethyl adjacent to an activating group) is 1. The Hall–Kier alpha value is -0.0800. The second kappa shape index (κ2) is 7.38. The summed E-state index contributed by atoms with van der Waals surface area (Å²) in [6.07, 6.45) is 5.61. The molecule has 1 fully saturated rings. The maximum Gasteiger partial charge on any atom is 0.0244 e. The highest BCUT2D eigenvalue weighted by Gasteiger charge is 2.27. The molecule has 0 bridgehead atoms. The van der Waals surface area contributed by atoms with Crippen molar-refractivity contribution in [2.24, 2.45) is 23.5 Å². The number of hydrogen-bond acceptors (Lipinski definition) is 2. The van der Waals surface area contributed by atoms with Crippen LogP contribution >= 0.6 is 0 Å². The molecular formula is C15H32N2. The van der Waals surface area contributed by atoms with Crippen molar-refractivity contribution in [1.29, 1.82) is 0 Å². The maximum absolute atomic E-state index is 6.02. The van der Waals surface area contributed by atoms with Crippen LogP contribution in [0.4, 0.5) is 0 Å². The zero-order valence-electron chi connectivity index (χ0n) is 12.3. The van der Waals surface area contributed by atoms with E-state index in [0.717, 1.165) is 30.8 Å². The van der Waals surface area contributed by atoms with Crippen molar-refractivity contribution in [3.05, 3.63) is 0 Å². The summed E-state index contributed by atoms with van der Waals surface area (Å²) < 4.78 is 0. The molecule has 1 aliphatic rings. The molecule has 0 saturated heterocycles. The largest absolute Gasteiger partial charge is 0.329 e. The minimum absolute atomic E-state index is 0.586. The molecule has 2 unspecified atom stereocenters. The van der Waals surface area contributed by atoms with Crippen LogP contribution in [-0.2, 0) is 0 Å². The summed E-state index contributed by atoms with van der Waals surface area (Å²) in [5.74, 6) is 2.46. The lowest BCUT2D eigenvalue weighted by Gasteiger charge is -2.39. The monoisotopic (exact) mass is 240 g/mol. The lowest BCUT2D eigenvalue weighted by Crippen LogP contribution is -2.47. The first-order chi connectivity index (χ1) is 8.08. The molecule has 0 aromatic carbocycles. The molecule has 0 radical (unpaired) electrons. The highest BCUT2D eigenvalue weighted by atomic mass is 15.2. The minimum atomic E-state index is 0.586. The van der Waals surface area contributed by atoms with E-state index >= 15 is 0 Å². The zero-order valence-corrected chi connectivity index (χ0v) is 12.3. The fraction of sp³-hybridized carbons (Fsp3) is 1.00. The van der Waals surface area contributed by atoms with Crippen molar-refractivity contribution in [3.63, 3.8) is 0 Å². The van der Waals surface area contributed by atoms with Crippen molar-refractivity contribution < 1.29 is 0 Å². The topological polar surface area (TPSA) is 29.3 Å². The van der Waals surface area contributed by atoms with E-state index in [9.17, 15) is 0 Å². The highest BCUT2D eigenvalue weighted by Crippen LogP contribution is 2.29. The molecule has 0 aliphatic heterocycles. The average molecular weight is 240 g/mol. The van der Waals surface area contributed by atoms with Gasteiger partial charge >= 0.3 is 0 Å². The van der Waals surface area contributed by atoms with Crippen molar-refractivity contribution in [1.82, 2.24) is 4.90 Å². The van der Waals surface area contributed by atoms with E-state index in [1.165, 1.54) is 32.2 Å². The van der Waals surface area contributed by atoms with Gasteiger partial charge in [-0.15, -0.1) is 0 Å². The van der Waals surface area contributed by atoms with Crippen LogP contribution in [0.3, 0.4) is 0 Å². The summed E-state index contributed by atoms with van der Waals surface area (Å²) in [6, 6.07) is 0.586. The van der Waals surface area contributed by atoms with Crippen molar-refractivity contribution in [2.75, 3.05) is 19.6 Å². The van der Waals surface area contributed by atoms with Crippen LogP contribution in [0.15, 0.2) is 0 Å². The van der Waals surface area contributed by atoms with E-state index in [4.69, 9.17) is 5.73 Å². The van der Waals surface area contributed by atoms with Crippen molar-refractivity contribution >= 4 is 0 Å². The molecule has 0 aromatic rings. The van der Waals surface area contributed by atoms with Crippen molar-refractivity contribution in [2.45, 2.75) is 59.4 Å². The van der Waals surface area contributed by atoms with E-state index in [0.29, 0.717) is 6.04 Å². The van der Waals surface area contributed by atoms with Crippen LogP contribution < -0.4 is 5.73 Å². The predicted molar refractivity (Wildman–Crippen MR) is 76.0 cm³/mol. The van der Waals surface area contributed by atoms with Gasteiger partial charge in [0, 0.05) is 19.1 Å². The van der Waals surface area contributed by atoms with Crippen LogP contribution in [-0.4, -0.2) is 30.6 Å². The standard InChI is InChI=1S/C15H32N2/c1-5-17(11-14-7-6-8-14)15(10-16)13(4)9-12(2)3/h12-15H,5-11,16H2,1-4H3. The normalized spacial score (nSPS) is 20.6. The van der Waals surface area contributed by atoms with Crippen LogP contribution in [0.2, 0.25) is 0 Å². The molecule has 1 saturated carbocycles. The molecule has 2 heteroatoms. The second-order valence-electron chi connectivity index (χ2n) is 6.29. The van der Waals surface area contributed by atoms with Gasteiger partial charge in [0.05, 0.1) is 0 Å². The van der Waals surface area contributed by atoms with Crippen LogP contribution in [0, 0.1) is 17.8 Å². The van der Waals surface area contributed by atoms with E-state index in [1.807, 2.05) is 0 Å². The summed E-state index contributed by atoms with van der Waals surface area (Å²) in [4.78, 5) is 2.64. The Balaban J connectivity index is 2.48. The first kappa shape index (κ1) is 15.0. The van der Waals surface area contributed by atoms with E-state index in [2.05, 4.69) is 32.6 Å². The SMILES string of the molecule is CCN(CC1CCC1)C(CN)C(C)CC(C)C. The van der Waals surface area contributed by atoms with Crippen LogP contribution in [0.25, 0.3) is 0 Å². The number of nitrogens with two attached hydrogens (primary N) is 1. The number of hydrogen-bond donors (Lipinski definition) is 1. The summed E-state index contributed by atoms with van der Waals surface area (Å²) in [6.45, 7) is 12.5. The zero-order chi connectivity index (χ0) is 12.8. The molecule has 0 spiro atoms. The van der Waals surface area contributed by atoms with Gasteiger partial charge in [-0.3, -0.25) is 4.90 Å². The number of nitrogens with zero attached hydrogens (tertiary/aromatic N) is 1. The molecule has 0 amide bonds. The summed E-state index contributed by atoms with van der Waals surface area (Å²) >= 11 is 0. The van der Waals surface area contributed by atoms with Gasteiger partial charge in [-0.05, 0) is 43.6 Å². The maximum atomic E-state index is 6.02. The van der Waals surface area contributed by atoms with Gasteiger partial charge in [0.25, 0.3) is 0 Å². The molecule has 0 aromatic heterocycles. The molecule has 2 N–H and O–H groups in total. The van der Waals surface area contributed by atoms with Gasteiger partial charge in [-0.25, -0.2) is 0 Å². The minimum Gasteiger partial charge on any atom is -0.329 e. The Morgan fingerprint density at radius 3 is 2.24 bits per heavy atom. The summed E-state index contributed by atoms with van der Waals surface area (Å²) in [5.41, 5.74) is 6.02. The lowest BCUT2D eigenvalue weighted by molar-refractivity contribution is 0.103. The van der Waals surface area contributed by atoms with E-state index < -0.39 is 0 Å². The smallest absolute Gasteiger partial charge is 0.0244 e. The molecule has 0 heterocycles. The summed E-state index contributed by atoms with van der Waals surface area (Å²) in [5, 5.41) is 0. The molecular weight excluding hydrogens is 208 g/mol. The van der Waals surface area contributed by atoms with Gasteiger partial charge in [-0.2, -0.15) is 0 Å². The Labute approximate surface area is 108 Å². The highest BCUT2D eigenvalue weighted by molar-refractivity contribution is 4.82. The Kier molecular flexibility index (Phi) is 6.50. The lowest BCUT2D eigenvalue weighted by atomic mass is 9.83. The van der Waals surface area contributed by atoms with Crippen molar-refractivity contribution in [3.8, 4) is 0 Å². The Bertz CT molecular complexity index is 199. The van der Waals surface area contributed by atoms with Crippen LogP contribution in [0.1, 0.15) is 53.4 Å². The third kappa shape index (κ3) is 4.59. The van der Waals surface area contributed by atoms with Gasteiger partial charge in [0.2, 0.25) is 0 Å². The van der Waals surface area contributed by atoms with Gasteiger partial charge in [0.1, 0.15) is 0 Å². The fourth-order valence-corrected chi connectivity index (χ4v) is 3.15. The molecule has 1 aliphatic carbocycles. The quantitative estimate of drug-likeness (QED) is 0.706. The Morgan fingerprint density at radius 1 is 1.24 bits per heavy atom. The second-order valence-corrected chi connectivity index (χ2v) is 6.29. The molecule has 2 atom stereocenters. The van der Waals surface area contributed by atoms with E-state index in [-0.39, 0.29) is 0 Å².